The Labute approximate surface area is 129 Å². The molecule has 0 spiro atoms. The minimum atomic E-state index is -0.319. The molecule has 0 bridgehead atoms. The zero-order valence-electron chi connectivity index (χ0n) is 11.7. The zero-order valence-corrected chi connectivity index (χ0v) is 12.5. The Morgan fingerprint density at radius 3 is 2.57 bits per heavy atom. The van der Waals surface area contributed by atoms with E-state index in [4.69, 9.17) is 17.3 Å². The lowest BCUT2D eigenvalue weighted by molar-refractivity contribution is 0.739. The molecule has 3 rings (SSSR count). The Bertz CT molecular complexity index is 750. The maximum Gasteiger partial charge on any atom is 0.0742 e. The van der Waals surface area contributed by atoms with Gasteiger partial charge in [0.05, 0.1) is 17.4 Å². The molecule has 0 aliphatic heterocycles. The van der Waals surface area contributed by atoms with E-state index >= 15 is 0 Å². The van der Waals surface area contributed by atoms with Gasteiger partial charge in [0.2, 0.25) is 0 Å². The van der Waals surface area contributed by atoms with E-state index in [0.717, 1.165) is 22.5 Å². The van der Waals surface area contributed by atoms with Crippen molar-refractivity contribution in [3.05, 3.63) is 82.6 Å². The number of halogens is 1. The molecule has 3 nitrogen and oxygen atoms in total. The highest BCUT2D eigenvalue weighted by Crippen LogP contribution is 2.28. The summed E-state index contributed by atoms with van der Waals surface area (Å²) in [6, 6.07) is 17.5. The van der Waals surface area contributed by atoms with E-state index in [1.54, 1.807) is 6.20 Å². The van der Waals surface area contributed by atoms with E-state index in [2.05, 4.69) is 5.10 Å². The molecule has 2 N–H and O–H groups in total. The number of para-hydroxylation sites is 1. The Balaban J connectivity index is 2.03. The van der Waals surface area contributed by atoms with Gasteiger partial charge in [-0.15, -0.1) is 0 Å². The molecule has 0 aliphatic rings. The number of aromatic nitrogens is 2. The van der Waals surface area contributed by atoms with Gasteiger partial charge in [0.15, 0.2) is 0 Å². The van der Waals surface area contributed by atoms with Crippen LogP contribution in [0.15, 0.2) is 60.8 Å². The first-order valence-corrected chi connectivity index (χ1v) is 7.15. The normalized spacial score (nSPS) is 12.3. The highest BCUT2D eigenvalue weighted by Gasteiger charge is 2.17. The molecule has 0 fully saturated rings. The third kappa shape index (κ3) is 2.71. The van der Waals surface area contributed by atoms with Gasteiger partial charge in [-0.25, -0.2) is 4.68 Å². The molecule has 106 valence electrons. The van der Waals surface area contributed by atoms with Gasteiger partial charge in [0.1, 0.15) is 0 Å². The van der Waals surface area contributed by atoms with Crippen molar-refractivity contribution in [2.75, 3.05) is 0 Å². The highest BCUT2D eigenvalue weighted by atomic mass is 35.5. The molecular formula is C17H16ClN3. The van der Waals surface area contributed by atoms with Crippen LogP contribution >= 0.6 is 11.6 Å². The fourth-order valence-electron chi connectivity index (χ4n) is 2.38. The van der Waals surface area contributed by atoms with Crippen LogP contribution in [0.2, 0.25) is 5.02 Å². The Hall–Kier alpha value is -2.10. The van der Waals surface area contributed by atoms with Gasteiger partial charge >= 0.3 is 0 Å². The van der Waals surface area contributed by atoms with Crippen LogP contribution in [0.1, 0.15) is 22.9 Å². The van der Waals surface area contributed by atoms with Crippen LogP contribution in [0.5, 0.6) is 0 Å². The summed E-state index contributed by atoms with van der Waals surface area (Å²) in [7, 11) is 0. The van der Waals surface area contributed by atoms with E-state index in [9.17, 15) is 0 Å². The molecule has 0 saturated heterocycles. The fourth-order valence-corrected chi connectivity index (χ4v) is 2.73. The van der Waals surface area contributed by atoms with Crippen LogP contribution in [0.25, 0.3) is 5.69 Å². The van der Waals surface area contributed by atoms with E-state index in [1.807, 2.05) is 66.2 Å². The third-order valence-corrected chi connectivity index (χ3v) is 3.81. The summed E-state index contributed by atoms with van der Waals surface area (Å²) in [5.41, 5.74) is 10.3. The van der Waals surface area contributed by atoms with Crippen molar-refractivity contribution < 1.29 is 0 Å². The van der Waals surface area contributed by atoms with E-state index in [-0.39, 0.29) is 6.04 Å². The number of nitrogens with zero attached hydrogens (tertiary/aromatic N) is 2. The number of rotatable bonds is 3. The van der Waals surface area contributed by atoms with Crippen molar-refractivity contribution in [2.24, 2.45) is 5.73 Å². The predicted octanol–water partition coefficient (Wildman–Crippen LogP) is 3.88. The summed E-state index contributed by atoms with van der Waals surface area (Å²) < 4.78 is 1.85. The van der Waals surface area contributed by atoms with Crippen molar-refractivity contribution in [3.63, 3.8) is 0 Å². The lowest BCUT2D eigenvalue weighted by atomic mass is 10.0. The maximum absolute atomic E-state index is 6.40. The molecule has 0 saturated carbocycles. The van der Waals surface area contributed by atoms with Crippen LogP contribution < -0.4 is 5.73 Å². The van der Waals surface area contributed by atoms with E-state index in [1.165, 1.54) is 0 Å². The monoisotopic (exact) mass is 297 g/mol. The van der Waals surface area contributed by atoms with Crippen molar-refractivity contribution in [1.82, 2.24) is 9.78 Å². The Morgan fingerprint density at radius 2 is 1.86 bits per heavy atom. The quantitative estimate of drug-likeness (QED) is 0.797. The number of hydrogen-bond acceptors (Lipinski definition) is 2. The van der Waals surface area contributed by atoms with Crippen LogP contribution in [0.3, 0.4) is 0 Å². The predicted molar refractivity (Wildman–Crippen MR) is 85.8 cm³/mol. The smallest absolute Gasteiger partial charge is 0.0742 e. The lowest BCUT2D eigenvalue weighted by Gasteiger charge is -2.16. The Kier molecular flexibility index (Phi) is 3.78. The minimum absolute atomic E-state index is 0.319. The van der Waals surface area contributed by atoms with Crippen molar-refractivity contribution in [2.45, 2.75) is 13.0 Å². The summed E-state index contributed by atoms with van der Waals surface area (Å²) in [6.45, 7) is 2.01. The molecule has 1 unspecified atom stereocenters. The molecule has 2 aromatic carbocycles. The Morgan fingerprint density at radius 1 is 1.10 bits per heavy atom. The number of nitrogens with two attached hydrogens (primary N) is 1. The number of aryl methyl sites for hydroxylation is 1. The van der Waals surface area contributed by atoms with Crippen molar-refractivity contribution in [1.29, 1.82) is 0 Å². The van der Waals surface area contributed by atoms with Crippen LogP contribution in [-0.2, 0) is 0 Å². The molecule has 3 aromatic rings. The summed E-state index contributed by atoms with van der Waals surface area (Å²) in [5, 5.41) is 5.06. The summed E-state index contributed by atoms with van der Waals surface area (Å²) in [4.78, 5) is 0. The summed E-state index contributed by atoms with van der Waals surface area (Å²) in [5.74, 6) is 0. The SMILES string of the molecule is Cc1ccc(C(N)c2ccnn2-c2ccccc2)c(Cl)c1. The average molecular weight is 298 g/mol. The fraction of sp³-hybridized carbons (Fsp3) is 0.118. The van der Waals surface area contributed by atoms with Gasteiger partial charge in [0.25, 0.3) is 0 Å². The van der Waals surface area contributed by atoms with Crippen molar-refractivity contribution >= 4 is 11.6 Å². The second kappa shape index (κ2) is 5.72. The highest BCUT2D eigenvalue weighted by molar-refractivity contribution is 6.31. The largest absolute Gasteiger partial charge is 0.319 e. The van der Waals surface area contributed by atoms with Crippen molar-refractivity contribution in [3.8, 4) is 5.69 Å². The molecule has 4 heteroatoms. The first-order chi connectivity index (χ1) is 10.2. The molecule has 0 radical (unpaired) electrons. The minimum Gasteiger partial charge on any atom is -0.319 e. The lowest BCUT2D eigenvalue weighted by Crippen LogP contribution is -2.17. The third-order valence-electron chi connectivity index (χ3n) is 3.48. The standard InChI is InChI=1S/C17H16ClN3/c1-12-7-8-14(15(18)11-12)17(19)16-9-10-20-21(16)13-5-3-2-4-6-13/h2-11,17H,19H2,1H3. The summed E-state index contributed by atoms with van der Waals surface area (Å²) in [6.07, 6.45) is 1.75. The summed E-state index contributed by atoms with van der Waals surface area (Å²) >= 11 is 6.33. The van der Waals surface area contributed by atoms with Gasteiger partial charge in [-0.1, -0.05) is 41.9 Å². The number of benzene rings is 2. The number of hydrogen-bond donors (Lipinski definition) is 1. The van der Waals surface area contributed by atoms with Gasteiger partial charge in [-0.3, -0.25) is 0 Å². The molecule has 1 aromatic heterocycles. The van der Waals surface area contributed by atoms with Crippen LogP contribution in [0.4, 0.5) is 0 Å². The second-order valence-electron chi connectivity index (χ2n) is 5.01. The molecule has 21 heavy (non-hydrogen) atoms. The van der Waals surface area contributed by atoms with Gasteiger partial charge in [-0.2, -0.15) is 5.10 Å². The average Bonchev–Trinajstić information content (AvgIpc) is 2.97. The van der Waals surface area contributed by atoms with Gasteiger partial charge in [0, 0.05) is 11.2 Å². The first kappa shape index (κ1) is 13.9. The molecular weight excluding hydrogens is 282 g/mol. The van der Waals surface area contributed by atoms with E-state index in [0.29, 0.717) is 5.02 Å². The van der Waals surface area contributed by atoms with Gasteiger partial charge < -0.3 is 5.73 Å². The first-order valence-electron chi connectivity index (χ1n) is 6.78. The zero-order chi connectivity index (χ0) is 14.8. The second-order valence-corrected chi connectivity index (χ2v) is 5.41. The molecule has 0 amide bonds. The van der Waals surface area contributed by atoms with E-state index < -0.39 is 0 Å². The molecule has 0 aliphatic carbocycles. The molecule has 1 atom stereocenters. The van der Waals surface area contributed by atoms with Crippen LogP contribution in [-0.4, -0.2) is 9.78 Å². The maximum atomic E-state index is 6.40. The van der Waals surface area contributed by atoms with Gasteiger partial charge in [-0.05, 0) is 42.3 Å². The van der Waals surface area contributed by atoms with Crippen LogP contribution in [0, 0.1) is 6.92 Å². The molecule has 1 heterocycles. The topological polar surface area (TPSA) is 43.8 Å².